The molecular formula is C4H5F2OY-. The van der Waals surface area contributed by atoms with Crippen molar-refractivity contribution in [2.24, 2.45) is 5.92 Å². The van der Waals surface area contributed by atoms with Gasteiger partial charge < -0.3 is 13.5 Å². The van der Waals surface area contributed by atoms with E-state index in [1.54, 1.807) is 0 Å². The molecule has 0 atom stereocenters. The van der Waals surface area contributed by atoms with E-state index < -0.39 is 12.3 Å². The molecule has 1 saturated heterocycles. The van der Waals surface area contributed by atoms with Gasteiger partial charge in [0.1, 0.15) is 0 Å². The molecule has 1 rings (SSSR count). The second-order valence-corrected chi connectivity index (χ2v) is 1.52. The van der Waals surface area contributed by atoms with Crippen molar-refractivity contribution in [3.8, 4) is 0 Å². The predicted molar refractivity (Wildman–Crippen MR) is 19.8 cm³/mol. The van der Waals surface area contributed by atoms with Crippen molar-refractivity contribution in [3.63, 3.8) is 0 Å². The largest absolute Gasteiger partial charge is 0.421 e. The van der Waals surface area contributed by atoms with Crippen molar-refractivity contribution in [2.75, 3.05) is 13.2 Å². The molecule has 0 aromatic heterocycles. The SMILES string of the molecule is F[C-](F)C1COC1.[Y]. The first-order valence-electron chi connectivity index (χ1n) is 2.06. The Labute approximate surface area is 71.7 Å². The van der Waals surface area contributed by atoms with Crippen molar-refractivity contribution in [3.05, 3.63) is 6.43 Å². The average Bonchev–Trinajstić information content (AvgIpc) is 1.23. The first-order valence-corrected chi connectivity index (χ1v) is 2.06. The molecule has 8 heavy (non-hydrogen) atoms. The Kier molecular flexibility index (Phi) is 4.30. The maximum atomic E-state index is 11.3. The van der Waals surface area contributed by atoms with Gasteiger partial charge in [-0.3, -0.25) is 0 Å². The van der Waals surface area contributed by atoms with Crippen LogP contribution in [0, 0.1) is 12.3 Å². The van der Waals surface area contributed by atoms with Crippen LogP contribution in [0.2, 0.25) is 0 Å². The Morgan fingerprint density at radius 2 is 1.88 bits per heavy atom. The molecule has 1 fully saturated rings. The smallest absolute Gasteiger partial charge is 0.0289 e. The molecule has 0 N–H and O–H groups in total. The normalized spacial score (nSPS) is 19.9. The molecular weight excluding hydrogens is 191 g/mol. The van der Waals surface area contributed by atoms with Gasteiger partial charge in [-0.25, -0.2) is 0 Å². The van der Waals surface area contributed by atoms with Gasteiger partial charge in [0.15, 0.2) is 0 Å². The van der Waals surface area contributed by atoms with Gasteiger partial charge in [-0.1, -0.05) is 5.92 Å². The fraction of sp³-hybridized carbons (Fsp3) is 0.750. The number of rotatable bonds is 1. The Balaban J connectivity index is 0.000000490. The molecule has 1 nitrogen and oxygen atoms in total. The van der Waals surface area contributed by atoms with Crippen LogP contribution in [0.25, 0.3) is 0 Å². The summed E-state index contributed by atoms with van der Waals surface area (Å²) in [6, 6.07) is 0. The van der Waals surface area contributed by atoms with Gasteiger partial charge in [0.25, 0.3) is 0 Å². The molecule has 4 heteroatoms. The molecule has 1 radical (unpaired) electrons. The van der Waals surface area contributed by atoms with E-state index >= 15 is 0 Å². The third kappa shape index (κ3) is 2.04. The summed E-state index contributed by atoms with van der Waals surface area (Å²) < 4.78 is 27.1. The minimum atomic E-state index is -1.49. The Bertz CT molecular complexity index is 65.1. The number of hydrogen-bond acceptors (Lipinski definition) is 1. The summed E-state index contributed by atoms with van der Waals surface area (Å²) in [6.45, 7) is 0.421. The summed E-state index contributed by atoms with van der Waals surface area (Å²) in [5.74, 6) is -0.556. The maximum Gasteiger partial charge on any atom is 0.0289 e. The van der Waals surface area contributed by atoms with E-state index in [1.807, 2.05) is 0 Å². The second-order valence-electron chi connectivity index (χ2n) is 1.52. The topological polar surface area (TPSA) is 9.23 Å². The minimum Gasteiger partial charge on any atom is -0.421 e. The van der Waals surface area contributed by atoms with E-state index in [0.717, 1.165) is 0 Å². The zero-order chi connectivity index (χ0) is 5.28. The van der Waals surface area contributed by atoms with E-state index in [0.29, 0.717) is 0 Å². The Morgan fingerprint density at radius 3 is 1.88 bits per heavy atom. The third-order valence-electron chi connectivity index (χ3n) is 0.947. The summed E-state index contributed by atoms with van der Waals surface area (Å²) in [5, 5.41) is 0. The van der Waals surface area contributed by atoms with Crippen LogP contribution in [-0.4, -0.2) is 13.2 Å². The first-order chi connectivity index (χ1) is 3.30. The van der Waals surface area contributed by atoms with Crippen LogP contribution in [0.3, 0.4) is 0 Å². The standard InChI is InChI=1S/C4H5F2O.Y/c5-4(6)3-1-7-2-3;/h3H,1-2H2;/q-1;. The summed E-state index contributed by atoms with van der Waals surface area (Å²) in [4.78, 5) is 0. The molecule has 0 saturated carbocycles. The Morgan fingerprint density at radius 1 is 1.38 bits per heavy atom. The number of halogens is 2. The summed E-state index contributed by atoms with van der Waals surface area (Å²) in [7, 11) is 0. The van der Waals surface area contributed by atoms with Crippen LogP contribution in [0.1, 0.15) is 0 Å². The second kappa shape index (κ2) is 3.86. The molecule has 1 aliphatic rings. The van der Waals surface area contributed by atoms with Crippen molar-refractivity contribution in [1.82, 2.24) is 0 Å². The average molecular weight is 196 g/mol. The third-order valence-corrected chi connectivity index (χ3v) is 0.947. The van der Waals surface area contributed by atoms with Crippen LogP contribution in [0.4, 0.5) is 8.78 Å². The summed E-state index contributed by atoms with van der Waals surface area (Å²) in [5.41, 5.74) is 0. The molecule has 0 aliphatic carbocycles. The maximum absolute atomic E-state index is 11.3. The molecule has 0 spiro atoms. The summed E-state index contributed by atoms with van der Waals surface area (Å²) >= 11 is 0. The van der Waals surface area contributed by atoms with E-state index in [1.165, 1.54) is 0 Å². The Hall–Kier alpha value is 0.924. The molecule has 0 aromatic carbocycles. The number of ether oxygens (including phenoxy) is 1. The fourth-order valence-electron chi connectivity index (χ4n) is 0.362. The predicted octanol–water partition coefficient (Wildman–Crippen LogP) is 1.06. The van der Waals surface area contributed by atoms with E-state index in [9.17, 15) is 8.78 Å². The van der Waals surface area contributed by atoms with Gasteiger partial charge in [-0.05, 0) is 0 Å². The van der Waals surface area contributed by atoms with Gasteiger partial charge >= 0.3 is 0 Å². The molecule has 0 aromatic rings. The van der Waals surface area contributed by atoms with E-state index in [-0.39, 0.29) is 45.9 Å². The van der Waals surface area contributed by atoms with Crippen LogP contribution >= 0.6 is 0 Å². The number of hydrogen-bond donors (Lipinski definition) is 0. The van der Waals surface area contributed by atoms with Crippen molar-refractivity contribution in [2.45, 2.75) is 0 Å². The van der Waals surface area contributed by atoms with Crippen LogP contribution in [0.15, 0.2) is 0 Å². The molecule has 0 amide bonds. The van der Waals surface area contributed by atoms with Crippen LogP contribution in [-0.2, 0) is 37.4 Å². The fourth-order valence-corrected chi connectivity index (χ4v) is 0.362. The van der Waals surface area contributed by atoms with Crippen LogP contribution < -0.4 is 0 Å². The molecule has 0 bridgehead atoms. The van der Waals surface area contributed by atoms with E-state index in [4.69, 9.17) is 0 Å². The van der Waals surface area contributed by atoms with Crippen molar-refractivity contribution in [1.29, 1.82) is 0 Å². The monoisotopic (exact) mass is 196 g/mol. The minimum absolute atomic E-state index is 0. The first kappa shape index (κ1) is 8.92. The molecule has 45 valence electrons. The van der Waals surface area contributed by atoms with Gasteiger partial charge in [-0.2, -0.15) is 0 Å². The van der Waals surface area contributed by atoms with Gasteiger partial charge in [0.2, 0.25) is 0 Å². The zero-order valence-electron chi connectivity index (χ0n) is 4.23. The summed E-state index contributed by atoms with van der Waals surface area (Å²) in [6.07, 6.45) is -1.49. The quantitative estimate of drug-likeness (QED) is 0.569. The molecule has 1 heterocycles. The van der Waals surface area contributed by atoms with Crippen molar-refractivity contribution < 1.29 is 46.2 Å². The van der Waals surface area contributed by atoms with Gasteiger partial charge in [0.05, 0.1) is 0 Å². The van der Waals surface area contributed by atoms with Crippen molar-refractivity contribution >= 4 is 0 Å². The molecule has 0 unspecified atom stereocenters. The zero-order valence-corrected chi connectivity index (χ0v) is 7.07. The van der Waals surface area contributed by atoms with Gasteiger partial charge in [-0.15, -0.1) is 0 Å². The van der Waals surface area contributed by atoms with E-state index in [2.05, 4.69) is 4.74 Å². The molecule has 1 aliphatic heterocycles. The van der Waals surface area contributed by atoms with Gasteiger partial charge in [0, 0.05) is 52.3 Å². The van der Waals surface area contributed by atoms with Crippen LogP contribution in [0.5, 0.6) is 0 Å².